The zero-order valence-electron chi connectivity index (χ0n) is 21.0. The number of rotatable bonds is 7. The summed E-state index contributed by atoms with van der Waals surface area (Å²) in [6.45, 7) is 1.54. The lowest BCUT2D eigenvalue weighted by molar-refractivity contribution is -0.0425. The lowest BCUT2D eigenvalue weighted by Gasteiger charge is -2.17. The molecular formula is C31H27N3O5. The van der Waals surface area contributed by atoms with Gasteiger partial charge in [-0.15, -0.1) is 0 Å². The smallest absolute Gasteiger partial charge is 0.255 e. The third-order valence-corrected chi connectivity index (χ3v) is 6.20. The van der Waals surface area contributed by atoms with Crippen LogP contribution in [0.4, 0.5) is 11.5 Å². The Bertz CT molecular complexity index is 1460. The molecule has 0 spiro atoms. The molecule has 5 rings (SSSR count). The van der Waals surface area contributed by atoms with Crippen molar-refractivity contribution >= 4 is 17.4 Å². The van der Waals surface area contributed by atoms with Gasteiger partial charge < -0.3 is 29.9 Å². The Morgan fingerprint density at radius 2 is 1.74 bits per heavy atom. The molecule has 1 fully saturated rings. The van der Waals surface area contributed by atoms with Gasteiger partial charge in [-0.2, -0.15) is 0 Å². The predicted octanol–water partition coefficient (Wildman–Crippen LogP) is 4.98. The molecule has 4 aromatic rings. The summed E-state index contributed by atoms with van der Waals surface area (Å²) in [6.07, 6.45) is 3.77. The van der Waals surface area contributed by atoms with Gasteiger partial charge in [-0.3, -0.25) is 4.79 Å². The Balaban J connectivity index is 1.13. The standard InChI is InChI=1S/C31H27N3O5/c35-30(24-5-4-8-28(19-24)39-27-6-2-1-3-7-27)33-25-11-14-29(32-20-25)34-17-15-22(21-34)16-18-38-26-12-9-23(10-13-26)31(36)37/h1-14,19-20,22,31,36-37H,15,17,21H2,(H,33,35). The second kappa shape index (κ2) is 12.1. The number of ether oxygens (including phenoxy) is 2. The van der Waals surface area contributed by atoms with Gasteiger partial charge in [-0.1, -0.05) is 42.3 Å². The number of carbonyl (C=O) groups is 1. The molecule has 0 aliphatic carbocycles. The number of pyridine rings is 1. The van der Waals surface area contributed by atoms with Gasteiger partial charge in [0.15, 0.2) is 6.29 Å². The van der Waals surface area contributed by atoms with E-state index in [0.29, 0.717) is 34.1 Å². The predicted molar refractivity (Wildman–Crippen MR) is 147 cm³/mol. The highest BCUT2D eigenvalue weighted by Crippen LogP contribution is 2.25. The molecule has 1 aliphatic rings. The van der Waals surface area contributed by atoms with Crippen molar-refractivity contribution in [2.75, 3.05) is 23.3 Å². The molecule has 3 N–H and O–H groups in total. The number of nitrogens with one attached hydrogen (secondary N) is 1. The zero-order chi connectivity index (χ0) is 27.0. The van der Waals surface area contributed by atoms with Gasteiger partial charge in [0, 0.05) is 30.1 Å². The van der Waals surface area contributed by atoms with Crippen LogP contribution in [0.25, 0.3) is 0 Å². The van der Waals surface area contributed by atoms with E-state index in [1.54, 1.807) is 54.7 Å². The Morgan fingerprint density at radius 1 is 0.949 bits per heavy atom. The first-order chi connectivity index (χ1) is 19.0. The molecule has 8 nitrogen and oxygen atoms in total. The van der Waals surface area contributed by atoms with Crippen molar-refractivity contribution in [3.63, 3.8) is 0 Å². The molecule has 1 aromatic heterocycles. The maximum atomic E-state index is 12.8. The summed E-state index contributed by atoms with van der Waals surface area (Å²) in [4.78, 5) is 19.5. The number of para-hydroxylation sites is 1. The van der Waals surface area contributed by atoms with Gasteiger partial charge in [0.1, 0.15) is 29.2 Å². The number of aromatic nitrogens is 1. The number of hydrogen-bond acceptors (Lipinski definition) is 7. The van der Waals surface area contributed by atoms with Crippen LogP contribution in [-0.4, -0.2) is 34.2 Å². The van der Waals surface area contributed by atoms with Crippen molar-refractivity contribution < 1.29 is 24.5 Å². The molecule has 0 bridgehead atoms. The number of benzene rings is 3. The van der Waals surface area contributed by atoms with Crippen LogP contribution in [0.3, 0.4) is 0 Å². The second-order valence-electron chi connectivity index (χ2n) is 9.02. The lowest BCUT2D eigenvalue weighted by Crippen LogP contribution is -2.20. The lowest BCUT2D eigenvalue weighted by atomic mass is 10.1. The Labute approximate surface area is 226 Å². The summed E-state index contributed by atoms with van der Waals surface area (Å²) >= 11 is 0. The average molecular weight is 522 g/mol. The molecule has 3 aromatic carbocycles. The Morgan fingerprint density at radius 3 is 2.49 bits per heavy atom. The molecule has 1 atom stereocenters. The Hall–Kier alpha value is -4.84. The number of carbonyl (C=O) groups excluding carboxylic acids is 1. The average Bonchev–Trinajstić information content (AvgIpc) is 3.43. The van der Waals surface area contributed by atoms with Gasteiger partial charge >= 0.3 is 0 Å². The number of hydrogen-bond donors (Lipinski definition) is 3. The van der Waals surface area contributed by atoms with Crippen LogP contribution in [0.2, 0.25) is 0 Å². The highest BCUT2D eigenvalue weighted by Gasteiger charge is 2.22. The number of aliphatic hydroxyl groups excluding tert-OH is 1. The SMILES string of the molecule is O=C(Nc1ccc(N2CCC(C#COc3ccc(C(O)O)cc3)C2)nc1)c1cccc(Oc2ccccc2)c1. The summed E-state index contributed by atoms with van der Waals surface area (Å²) in [5, 5.41) is 21.2. The van der Waals surface area contributed by atoms with Gasteiger partial charge in [0.2, 0.25) is 0 Å². The minimum atomic E-state index is -1.51. The maximum absolute atomic E-state index is 12.8. The quantitative estimate of drug-likeness (QED) is 0.233. The van der Waals surface area contributed by atoms with Crippen LogP contribution in [0.1, 0.15) is 28.6 Å². The molecule has 1 amide bonds. The molecule has 196 valence electrons. The van der Waals surface area contributed by atoms with Gasteiger partial charge in [-0.05, 0) is 61.0 Å². The molecule has 2 heterocycles. The topological polar surface area (TPSA) is 104 Å². The number of aliphatic hydroxyl groups is 2. The minimum Gasteiger partial charge on any atom is -0.457 e. The Kier molecular flexibility index (Phi) is 8.03. The van der Waals surface area contributed by atoms with Crippen LogP contribution in [0, 0.1) is 17.9 Å². The third-order valence-electron chi connectivity index (χ3n) is 6.20. The first-order valence-corrected chi connectivity index (χ1v) is 12.5. The second-order valence-corrected chi connectivity index (χ2v) is 9.02. The van der Waals surface area contributed by atoms with E-state index in [9.17, 15) is 4.79 Å². The van der Waals surface area contributed by atoms with E-state index in [2.05, 4.69) is 27.2 Å². The molecule has 39 heavy (non-hydrogen) atoms. The number of amides is 1. The molecule has 1 aliphatic heterocycles. The highest BCUT2D eigenvalue weighted by atomic mass is 16.5. The first-order valence-electron chi connectivity index (χ1n) is 12.5. The van der Waals surface area contributed by atoms with Crippen LogP contribution in [-0.2, 0) is 0 Å². The van der Waals surface area contributed by atoms with Crippen molar-refractivity contribution in [2.24, 2.45) is 5.92 Å². The molecule has 1 unspecified atom stereocenters. The van der Waals surface area contributed by atoms with Crippen molar-refractivity contribution in [3.05, 3.63) is 108 Å². The van der Waals surface area contributed by atoms with E-state index in [4.69, 9.17) is 19.7 Å². The largest absolute Gasteiger partial charge is 0.457 e. The fourth-order valence-corrected chi connectivity index (χ4v) is 4.14. The van der Waals surface area contributed by atoms with Gasteiger partial charge in [0.25, 0.3) is 5.91 Å². The van der Waals surface area contributed by atoms with Gasteiger partial charge in [0.05, 0.1) is 11.9 Å². The molecule has 0 saturated carbocycles. The van der Waals surface area contributed by atoms with Crippen molar-refractivity contribution in [1.82, 2.24) is 4.98 Å². The van der Waals surface area contributed by atoms with Crippen molar-refractivity contribution in [3.8, 4) is 29.3 Å². The monoisotopic (exact) mass is 521 g/mol. The summed E-state index contributed by atoms with van der Waals surface area (Å²) < 4.78 is 11.3. The van der Waals surface area contributed by atoms with Crippen LogP contribution >= 0.6 is 0 Å². The normalized spacial score (nSPS) is 14.4. The van der Waals surface area contributed by atoms with E-state index in [-0.39, 0.29) is 11.8 Å². The number of nitrogens with zero attached hydrogens (tertiary/aromatic N) is 2. The molecule has 0 radical (unpaired) electrons. The minimum absolute atomic E-state index is 0.134. The number of anilines is 2. The van der Waals surface area contributed by atoms with Crippen LogP contribution < -0.4 is 19.7 Å². The van der Waals surface area contributed by atoms with E-state index in [1.807, 2.05) is 42.5 Å². The highest BCUT2D eigenvalue weighted by molar-refractivity contribution is 6.04. The van der Waals surface area contributed by atoms with E-state index in [1.165, 1.54) is 0 Å². The van der Waals surface area contributed by atoms with Crippen LogP contribution in [0.15, 0.2) is 97.2 Å². The summed E-state index contributed by atoms with van der Waals surface area (Å²) in [5.41, 5.74) is 1.47. The molecule has 8 heteroatoms. The fourth-order valence-electron chi connectivity index (χ4n) is 4.14. The third kappa shape index (κ3) is 6.93. The summed E-state index contributed by atoms with van der Waals surface area (Å²) in [5.74, 6) is 5.66. The molecule has 1 saturated heterocycles. The fraction of sp³-hybridized carbons (Fsp3) is 0.161. The van der Waals surface area contributed by atoms with Crippen LogP contribution in [0.5, 0.6) is 17.2 Å². The summed E-state index contributed by atoms with van der Waals surface area (Å²) in [7, 11) is 0. The zero-order valence-corrected chi connectivity index (χ0v) is 21.0. The first kappa shape index (κ1) is 25.8. The summed E-state index contributed by atoms with van der Waals surface area (Å²) in [6, 6.07) is 26.6. The van der Waals surface area contributed by atoms with E-state index < -0.39 is 6.29 Å². The van der Waals surface area contributed by atoms with Gasteiger partial charge in [-0.25, -0.2) is 4.98 Å². The molecular weight excluding hydrogens is 494 g/mol. The van der Waals surface area contributed by atoms with E-state index >= 15 is 0 Å². The van der Waals surface area contributed by atoms with Crippen molar-refractivity contribution in [1.29, 1.82) is 0 Å². The van der Waals surface area contributed by atoms with E-state index in [0.717, 1.165) is 25.3 Å². The maximum Gasteiger partial charge on any atom is 0.255 e. The van der Waals surface area contributed by atoms with Crippen molar-refractivity contribution in [2.45, 2.75) is 12.7 Å².